The lowest BCUT2D eigenvalue weighted by Gasteiger charge is -2.29. The summed E-state index contributed by atoms with van der Waals surface area (Å²) in [5.74, 6) is -0.305. The first-order valence-electron chi connectivity index (χ1n) is 11.1. The van der Waals surface area contributed by atoms with Gasteiger partial charge in [-0.2, -0.15) is 5.01 Å². The molecule has 1 spiro atoms. The number of thioether (sulfide) groups is 1. The van der Waals surface area contributed by atoms with Crippen molar-refractivity contribution in [2.24, 2.45) is 5.10 Å². The number of ether oxygens (including phenoxy) is 1. The molecule has 8 nitrogen and oxygen atoms in total. The highest BCUT2D eigenvalue weighted by molar-refractivity contribution is 8.15. The Morgan fingerprint density at radius 3 is 2.50 bits per heavy atom. The monoisotopic (exact) mass is 480 g/mol. The molecule has 0 bridgehead atoms. The molecule has 0 aliphatic carbocycles. The standard InChI is InChI=1S/C25H28N4O4S/c1-14(2)33-21-10-8-7-9-19(21)13-28-22-16(4)15(3)11-12-20(22)25(23(28)32)29(18(6)31)27-24(34-25)26-17(5)30/h7-12,14H,13H2,1-6H3,(H,26,27,30)/t25-/m1/s1. The Kier molecular flexibility index (Phi) is 6.16. The van der Waals surface area contributed by atoms with Crippen LogP contribution in [0.3, 0.4) is 0 Å². The van der Waals surface area contributed by atoms with Gasteiger partial charge in [0.25, 0.3) is 5.91 Å². The second-order valence-corrected chi connectivity index (χ2v) is 9.91. The Bertz CT molecular complexity index is 1230. The summed E-state index contributed by atoms with van der Waals surface area (Å²) >= 11 is 1.08. The summed E-state index contributed by atoms with van der Waals surface area (Å²) in [6.45, 7) is 10.9. The number of nitrogens with zero attached hydrogens (tertiary/aromatic N) is 3. The highest BCUT2D eigenvalue weighted by atomic mass is 32.2. The smallest absolute Gasteiger partial charge is 0.271 e. The highest BCUT2D eigenvalue weighted by Crippen LogP contribution is 2.56. The Balaban J connectivity index is 1.85. The molecule has 178 valence electrons. The largest absolute Gasteiger partial charge is 0.491 e. The number of fused-ring (bicyclic) bond motifs is 2. The molecule has 2 heterocycles. The van der Waals surface area contributed by atoms with E-state index in [4.69, 9.17) is 4.74 Å². The molecule has 2 aliphatic rings. The van der Waals surface area contributed by atoms with Crippen LogP contribution in [0.25, 0.3) is 0 Å². The summed E-state index contributed by atoms with van der Waals surface area (Å²) in [6.07, 6.45) is -0.0229. The third kappa shape index (κ3) is 3.83. The number of amidine groups is 1. The number of para-hydroxylation sites is 1. The SMILES string of the molecule is CC(=O)NC1=NN(C(C)=O)[C@]2(S1)C(=O)N(Cc1ccccc1OC(C)C)c1c2ccc(C)c1C. The van der Waals surface area contributed by atoms with E-state index < -0.39 is 10.8 Å². The summed E-state index contributed by atoms with van der Waals surface area (Å²) in [7, 11) is 0. The van der Waals surface area contributed by atoms with Crippen LogP contribution in [0.5, 0.6) is 5.75 Å². The molecule has 9 heteroatoms. The molecular weight excluding hydrogens is 452 g/mol. The van der Waals surface area contributed by atoms with E-state index in [2.05, 4.69) is 10.4 Å². The van der Waals surface area contributed by atoms with Crippen LogP contribution in [0, 0.1) is 13.8 Å². The van der Waals surface area contributed by atoms with Crippen molar-refractivity contribution in [1.82, 2.24) is 10.3 Å². The lowest BCUT2D eigenvalue weighted by atomic mass is 10.00. The number of hydrazone groups is 1. The molecule has 0 aromatic heterocycles. The van der Waals surface area contributed by atoms with Gasteiger partial charge in [-0.05, 0) is 56.7 Å². The fourth-order valence-corrected chi connectivity index (χ4v) is 5.63. The van der Waals surface area contributed by atoms with Gasteiger partial charge in [-0.1, -0.05) is 30.3 Å². The summed E-state index contributed by atoms with van der Waals surface area (Å²) in [6, 6.07) is 11.5. The number of hydrogen-bond donors (Lipinski definition) is 1. The van der Waals surface area contributed by atoms with Crippen molar-refractivity contribution < 1.29 is 19.1 Å². The molecule has 2 aromatic rings. The Morgan fingerprint density at radius 1 is 1.15 bits per heavy atom. The van der Waals surface area contributed by atoms with E-state index in [1.54, 1.807) is 4.90 Å². The molecule has 34 heavy (non-hydrogen) atoms. The van der Waals surface area contributed by atoms with Crippen molar-refractivity contribution >= 4 is 40.3 Å². The van der Waals surface area contributed by atoms with Crippen molar-refractivity contribution in [3.05, 3.63) is 58.7 Å². The number of hydrogen-bond acceptors (Lipinski definition) is 6. The van der Waals surface area contributed by atoms with Crippen molar-refractivity contribution in [2.75, 3.05) is 4.90 Å². The quantitative estimate of drug-likeness (QED) is 0.719. The fraction of sp³-hybridized carbons (Fsp3) is 0.360. The van der Waals surface area contributed by atoms with Crippen LogP contribution < -0.4 is 15.0 Å². The second kappa shape index (κ2) is 8.79. The van der Waals surface area contributed by atoms with Crippen LogP contribution in [0.1, 0.15) is 49.9 Å². The first-order valence-corrected chi connectivity index (χ1v) is 11.9. The molecular formula is C25H28N4O4S. The molecule has 1 atom stereocenters. The highest BCUT2D eigenvalue weighted by Gasteiger charge is 2.61. The molecule has 2 aromatic carbocycles. The zero-order chi connectivity index (χ0) is 24.8. The van der Waals surface area contributed by atoms with E-state index in [1.807, 2.05) is 64.1 Å². The molecule has 1 N–H and O–H groups in total. The number of aryl methyl sites for hydroxylation is 1. The van der Waals surface area contributed by atoms with Gasteiger partial charge < -0.3 is 15.0 Å². The zero-order valence-electron chi connectivity index (χ0n) is 20.1. The minimum atomic E-state index is -1.43. The van der Waals surface area contributed by atoms with Crippen molar-refractivity contribution in [3.63, 3.8) is 0 Å². The Labute approximate surface area is 203 Å². The molecule has 0 radical (unpaired) electrons. The lowest BCUT2D eigenvalue weighted by Crippen LogP contribution is -2.48. The van der Waals surface area contributed by atoms with Gasteiger partial charge in [0.05, 0.1) is 18.3 Å². The van der Waals surface area contributed by atoms with Crippen LogP contribution in [-0.2, 0) is 25.8 Å². The lowest BCUT2D eigenvalue weighted by molar-refractivity contribution is -0.139. The summed E-state index contributed by atoms with van der Waals surface area (Å²) in [4.78, 5) is 38.9. The van der Waals surface area contributed by atoms with Crippen LogP contribution in [0.4, 0.5) is 5.69 Å². The van der Waals surface area contributed by atoms with Crippen molar-refractivity contribution in [1.29, 1.82) is 0 Å². The third-order valence-electron chi connectivity index (χ3n) is 5.85. The van der Waals surface area contributed by atoms with Crippen molar-refractivity contribution in [2.45, 2.75) is 59.1 Å². The van der Waals surface area contributed by atoms with Gasteiger partial charge in [0.15, 0.2) is 5.17 Å². The molecule has 3 amide bonds. The molecule has 0 fully saturated rings. The van der Waals surface area contributed by atoms with Crippen LogP contribution in [0.2, 0.25) is 0 Å². The van der Waals surface area contributed by atoms with Gasteiger partial charge in [-0.15, -0.1) is 5.10 Å². The van der Waals surface area contributed by atoms with E-state index in [1.165, 1.54) is 18.9 Å². The molecule has 4 rings (SSSR count). The van der Waals surface area contributed by atoms with Crippen LogP contribution >= 0.6 is 11.8 Å². The number of anilines is 1. The van der Waals surface area contributed by atoms with E-state index in [-0.39, 0.29) is 29.6 Å². The predicted molar refractivity (Wildman–Crippen MR) is 132 cm³/mol. The average Bonchev–Trinajstić information content (AvgIpc) is 3.23. The third-order valence-corrected chi connectivity index (χ3v) is 7.09. The maximum Gasteiger partial charge on any atom is 0.271 e. The average molecular weight is 481 g/mol. The maximum absolute atomic E-state index is 14.2. The van der Waals surface area contributed by atoms with E-state index in [0.29, 0.717) is 11.3 Å². The van der Waals surface area contributed by atoms with Gasteiger partial charge in [0.1, 0.15) is 5.75 Å². The minimum Gasteiger partial charge on any atom is -0.491 e. The van der Waals surface area contributed by atoms with Crippen LogP contribution in [-0.4, -0.2) is 34.0 Å². The number of amides is 3. The van der Waals surface area contributed by atoms with E-state index in [0.717, 1.165) is 34.1 Å². The minimum absolute atomic E-state index is 0.0229. The second-order valence-electron chi connectivity index (χ2n) is 8.73. The zero-order valence-corrected chi connectivity index (χ0v) is 20.9. The number of benzene rings is 2. The van der Waals surface area contributed by atoms with E-state index >= 15 is 0 Å². The number of rotatable bonds is 4. The van der Waals surface area contributed by atoms with E-state index in [9.17, 15) is 14.4 Å². The maximum atomic E-state index is 14.2. The topological polar surface area (TPSA) is 91.3 Å². The van der Waals surface area contributed by atoms with Gasteiger partial charge in [-0.3, -0.25) is 14.4 Å². The summed E-state index contributed by atoms with van der Waals surface area (Å²) < 4.78 is 5.99. The predicted octanol–water partition coefficient (Wildman–Crippen LogP) is 3.79. The van der Waals surface area contributed by atoms with Gasteiger partial charge in [0.2, 0.25) is 16.7 Å². The fourth-order valence-electron chi connectivity index (χ4n) is 4.31. The van der Waals surface area contributed by atoms with Gasteiger partial charge in [0, 0.05) is 25.0 Å². The van der Waals surface area contributed by atoms with Gasteiger partial charge in [-0.25, -0.2) is 0 Å². The summed E-state index contributed by atoms with van der Waals surface area (Å²) in [5.41, 5.74) is 4.26. The Hall–Kier alpha value is -3.33. The molecule has 0 saturated heterocycles. The number of nitrogens with one attached hydrogen (secondary N) is 1. The number of carbonyl (C=O) groups excluding carboxylic acids is 3. The Morgan fingerprint density at radius 2 is 1.85 bits per heavy atom. The molecule has 2 aliphatic heterocycles. The van der Waals surface area contributed by atoms with Crippen LogP contribution in [0.15, 0.2) is 41.5 Å². The normalized spacial score (nSPS) is 19.0. The first-order chi connectivity index (χ1) is 16.1. The summed E-state index contributed by atoms with van der Waals surface area (Å²) in [5, 5.41) is 8.37. The van der Waals surface area contributed by atoms with Crippen molar-refractivity contribution in [3.8, 4) is 5.75 Å². The van der Waals surface area contributed by atoms with Gasteiger partial charge >= 0.3 is 0 Å². The first kappa shape index (κ1) is 23.8. The molecule has 0 unspecified atom stereocenters. The number of carbonyl (C=O) groups is 3. The molecule has 0 saturated carbocycles.